The van der Waals surface area contributed by atoms with Crippen LogP contribution in [0, 0.1) is 0 Å². The third-order valence-electron chi connectivity index (χ3n) is 4.10. The Balaban J connectivity index is 2.53. The van der Waals surface area contributed by atoms with Gasteiger partial charge in [0.25, 0.3) is 0 Å². The van der Waals surface area contributed by atoms with E-state index in [1.165, 1.54) is 39.8 Å². The van der Waals surface area contributed by atoms with Crippen molar-refractivity contribution in [1.82, 2.24) is 0 Å². The largest absolute Gasteiger partial charge is 0.448 e. The summed E-state index contributed by atoms with van der Waals surface area (Å²) in [5.74, 6) is -2.60. The Kier molecular flexibility index (Phi) is 4.81. The summed E-state index contributed by atoms with van der Waals surface area (Å²) < 4.78 is 15.9. The van der Waals surface area contributed by atoms with Crippen molar-refractivity contribution >= 4 is 23.5 Å². The number of rotatable bonds is 5. The Hall–Kier alpha value is -2.54. The molecule has 0 unspecified atom stereocenters. The summed E-state index contributed by atoms with van der Waals surface area (Å²) in [4.78, 5) is 48.3. The van der Waals surface area contributed by atoms with Gasteiger partial charge < -0.3 is 14.2 Å². The van der Waals surface area contributed by atoms with Crippen LogP contribution in [0.15, 0.2) is 35.6 Å². The smallest absolute Gasteiger partial charge is 0.307 e. The van der Waals surface area contributed by atoms with Gasteiger partial charge in [-0.15, -0.1) is 0 Å². The Labute approximate surface area is 145 Å². The fourth-order valence-corrected chi connectivity index (χ4v) is 3.09. The van der Waals surface area contributed by atoms with Crippen LogP contribution in [-0.2, 0) is 33.4 Å². The molecule has 0 radical (unpaired) electrons. The molecule has 7 heteroatoms. The van der Waals surface area contributed by atoms with E-state index >= 15 is 0 Å². The number of hydrogen-bond acceptors (Lipinski definition) is 7. The van der Waals surface area contributed by atoms with Gasteiger partial charge in [-0.05, 0) is 26.8 Å². The lowest BCUT2D eigenvalue weighted by Gasteiger charge is -2.34. The molecule has 1 aliphatic heterocycles. The van der Waals surface area contributed by atoms with Gasteiger partial charge in [0.2, 0.25) is 11.4 Å². The number of esters is 2. The zero-order valence-corrected chi connectivity index (χ0v) is 14.7. The lowest BCUT2D eigenvalue weighted by Crippen LogP contribution is -2.53. The molecule has 1 aliphatic carbocycles. The first kappa shape index (κ1) is 18.8. The SMILES string of the molecule is C/C=C/C=C/C(=O)[C@@]12O[C@@H]1[C@](C)(OC(C)=O)C(OC(C)=O)=C(C)C2=O. The van der Waals surface area contributed by atoms with E-state index in [2.05, 4.69) is 0 Å². The summed E-state index contributed by atoms with van der Waals surface area (Å²) >= 11 is 0. The van der Waals surface area contributed by atoms with Crippen LogP contribution in [0.5, 0.6) is 0 Å². The first-order valence-corrected chi connectivity index (χ1v) is 7.77. The zero-order valence-electron chi connectivity index (χ0n) is 14.7. The second-order valence-electron chi connectivity index (χ2n) is 6.06. The minimum atomic E-state index is -1.75. The van der Waals surface area contributed by atoms with E-state index in [9.17, 15) is 19.2 Å². The van der Waals surface area contributed by atoms with Crippen LogP contribution in [0.3, 0.4) is 0 Å². The molecule has 0 aromatic rings. The Morgan fingerprint density at radius 1 is 1.16 bits per heavy atom. The molecule has 0 spiro atoms. The van der Waals surface area contributed by atoms with Gasteiger partial charge in [0, 0.05) is 19.4 Å². The Morgan fingerprint density at radius 2 is 1.80 bits per heavy atom. The van der Waals surface area contributed by atoms with Crippen molar-refractivity contribution < 1.29 is 33.4 Å². The van der Waals surface area contributed by atoms with E-state index in [4.69, 9.17) is 14.2 Å². The van der Waals surface area contributed by atoms with E-state index in [1.54, 1.807) is 19.1 Å². The highest BCUT2D eigenvalue weighted by Crippen LogP contribution is 2.55. The summed E-state index contributed by atoms with van der Waals surface area (Å²) in [6.07, 6.45) is 5.03. The normalized spacial score (nSPS) is 31.2. The molecule has 7 nitrogen and oxygen atoms in total. The maximum atomic E-state index is 12.7. The van der Waals surface area contributed by atoms with Crippen LogP contribution in [0.1, 0.15) is 34.6 Å². The molecule has 1 saturated heterocycles. The summed E-state index contributed by atoms with van der Waals surface area (Å²) in [6, 6.07) is 0. The number of ether oxygens (including phenoxy) is 3. The number of carbonyl (C=O) groups excluding carboxylic acids is 4. The van der Waals surface area contributed by atoms with Crippen LogP contribution in [0.25, 0.3) is 0 Å². The highest BCUT2D eigenvalue weighted by Gasteiger charge is 2.78. The van der Waals surface area contributed by atoms with Crippen LogP contribution in [0.2, 0.25) is 0 Å². The molecule has 0 aromatic heterocycles. The predicted molar refractivity (Wildman–Crippen MR) is 86.2 cm³/mol. The van der Waals surface area contributed by atoms with Gasteiger partial charge >= 0.3 is 11.9 Å². The van der Waals surface area contributed by atoms with Crippen molar-refractivity contribution in [2.75, 3.05) is 0 Å². The number of ketones is 2. The average Bonchev–Trinajstić information content (AvgIpc) is 3.27. The lowest BCUT2D eigenvalue weighted by molar-refractivity contribution is -0.162. The zero-order chi connectivity index (χ0) is 19.0. The topological polar surface area (TPSA) is 99.3 Å². The molecule has 25 heavy (non-hydrogen) atoms. The molecule has 1 heterocycles. The van der Waals surface area contributed by atoms with Gasteiger partial charge in [0.05, 0.1) is 0 Å². The van der Waals surface area contributed by atoms with Crippen molar-refractivity contribution in [1.29, 1.82) is 0 Å². The van der Waals surface area contributed by atoms with Crippen molar-refractivity contribution in [3.8, 4) is 0 Å². The number of Topliss-reactive ketones (excluding diaryl/α,β-unsaturated/α-hetero) is 1. The van der Waals surface area contributed by atoms with Crippen molar-refractivity contribution in [3.63, 3.8) is 0 Å². The van der Waals surface area contributed by atoms with Gasteiger partial charge in [0.1, 0.15) is 0 Å². The highest BCUT2D eigenvalue weighted by molar-refractivity contribution is 6.24. The average molecular weight is 348 g/mol. The van der Waals surface area contributed by atoms with Gasteiger partial charge in [-0.1, -0.05) is 18.2 Å². The number of allylic oxidation sites excluding steroid dienone is 3. The van der Waals surface area contributed by atoms with Crippen LogP contribution in [0.4, 0.5) is 0 Å². The fourth-order valence-electron chi connectivity index (χ4n) is 3.09. The summed E-state index contributed by atoms with van der Waals surface area (Å²) in [7, 11) is 0. The van der Waals surface area contributed by atoms with Crippen LogP contribution < -0.4 is 0 Å². The number of fused-ring (bicyclic) bond motifs is 1. The molecule has 0 N–H and O–H groups in total. The van der Waals surface area contributed by atoms with Crippen LogP contribution >= 0.6 is 0 Å². The molecule has 0 amide bonds. The molecular formula is C18H20O7. The number of epoxide rings is 1. The number of hydrogen-bond donors (Lipinski definition) is 0. The van der Waals surface area contributed by atoms with E-state index < -0.39 is 40.8 Å². The molecule has 3 atom stereocenters. The van der Waals surface area contributed by atoms with E-state index in [-0.39, 0.29) is 11.3 Å². The molecule has 0 bridgehead atoms. The van der Waals surface area contributed by atoms with Gasteiger partial charge in [0.15, 0.2) is 23.2 Å². The Morgan fingerprint density at radius 3 is 2.32 bits per heavy atom. The molecule has 2 aliphatic rings. The molecule has 2 rings (SSSR count). The monoisotopic (exact) mass is 348 g/mol. The van der Waals surface area contributed by atoms with Gasteiger partial charge in [-0.25, -0.2) is 0 Å². The maximum Gasteiger partial charge on any atom is 0.307 e. The first-order valence-electron chi connectivity index (χ1n) is 7.77. The highest BCUT2D eigenvalue weighted by atomic mass is 16.7. The van der Waals surface area contributed by atoms with Gasteiger partial charge in [-0.3, -0.25) is 19.2 Å². The third kappa shape index (κ3) is 2.95. The fraction of sp³-hybridized carbons (Fsp3) is 0.444. The summed E-state index contributed by atoms with van der Waals surface area (Å²) in [5.41, 5.74) is -3.30. The maximum absolute atomic E-state index is 12.7. The minimum Gasteiger partial charge on any atom is -0.448 e. The molecule has 0 aromatic carbocycles. The second-order valence-corrected chi connectivity index (χ2v) is 6.06. The number of carbonyl (C=O) groups is 4. The molecule has 0 saturated carbocycles. The molecule has 134 valence electrons. The standard InChI is InChI=1S/C18H20O7/c1-6-7-8-9-13(21)18-14(22)10(2)15(23-11(3)19)17(5,16(18)25-18)24-12(4)20/h6-9,16H,1-5H3/b7-6+,9-8+/t16-,17-,18+/m1/s1. The first-order chi connectivity index (χ1) is 11.6. The lowest BCUT2D eigenvalue weighted by atomic mass is 9.76. The van der Waals surface area contributed by atoms with Gasteiger partial charge in [-0.2, -0.15) is 0 Å². The summed E-state index contributed by atoms with van der Waals surface area (Å²) in [5, 5.41) is 0. The second kappa shape index (κ2) is 6.40. The molecule has 1 fully saturated rings. The van der Waals surface area contributed by atoms with E-state index in [1.807, 2.05) is 0 Å². The Bertz CT molecular complexity index is 743. The minimum absolute atomic E-state index is 0.0143. The van der Waals surface area contributed by atoms with Crippen molar-refractivity contribution in [2.45, 2.75) is 51.9 Å². The summed E-state index contributed by atoms with van der Waals surface area (Å²) in [6.45, 7) is 6.99. The van der Waals surface area contributed by atoms with E-state index in [0.29, 0.717) is 0 Å². The van der Waals surface area contributed by atoms with Crippen molar-refractivity contribution in [2.24, 2.45) is 0 Å². The predicted octanol–water partition coefficient (Wildman–Crippen LogP) is 1.57. The van der Waals surface area contributed by atoms with Crippen LogP contribution in [-0.4, -0.2) is 40.8 Å². The third-order valence-corrected chi connectivity index (χ3v) is 4.10. The quantitative estimate of drug-likeness (QED) is 0.244. The van der Waals surface area contributed by atoms with Crippen molar-refractivity contribution in [3.05, 3.63) is 35.6 Å². The van der Waals surface area contributed by atoms with E-state index in [0.717, 1.165) is 0 Å². The molecular weight excluding hydrogens is 328 g/mol.